The lowest BCUT2D eigenvalue weighted by Gasteiger charge is -2.13. The van der Waals surface area contributed by atoms with Gasteiger partial charge in [0.25, 0.3) is 0 Å². The van der Waals surface area contributed by atoms with Crippen LogP contribution in [-0.4, -0.2) is 29.1 Å². The molecule has 0 aromatic carbocycles. The minimum absolute atomic E-state index is 0.0114. The van der Waals surface area contributed by atoms with Gasteiger partial charge in [-0.05, 0) is 19.1 Å². The molecule has 0 aliphatic carbocycles. The Morgan fingerprint density at radius 2 is 2.14 bits per heavy atom. The van der Waals surface area contributed by atoms with Gasteiger partial charge in [0, 0.05) is 6.54 Å². The van der Waals surface area contributed by atoms with Gasteiger partial charge in [0.1, 0.15) is 16.5 Å². The second-order valence-corrected chi connectivity index (χ2v) is 4.38. The molecule has 0 saturated heterocycles. The molecule has 1 rings (SSSR count). The number of carbonyl (C=O) groups excluding carboxylic acids is 1. The molecule has 0 amide bonds. The molecule has 0 saturated carbocycles. The number of nitrogens with one attached hydrogen (secondary N) is 1. The SMILES string of the molecule is CCOC(=O)CCNc1nc(C(F)(F)F)ccc1C(N)=S. The minimum Gasteiger partial charge on any atom is -0.466 e. The molecule has 1 aromatic heterocycles. The Bertz CT molecular complexity index is 535. The maximum atomic E-state index is 12.6. The highest BCUT2D eigenvalue weighted by atomic mass is 32.1. The molecule has 0 fully saturated rings. The molecule has 0 atom stereocenters. The first-order valence-electron chi connectivity index (χ1n) is 6.03. The maximum Gasteiger partial charge on any atom is 0.433 e. The quantitative estimate of drug-likeness (QED) is 0.617. The van der Waals surface area contributed by atoms with Crippen molar-refractivity contribution in [3.63, 3.8) is 0 Å². The van der Waals surface area contributed by atoms with Crippen LogP contribution in [0.2, 0.25) is 0 Å². The van der Waals surface area contributed by atoms with E-state index in [1.54, 1.807) is 6.92 Å². The topological polar surface area (TPSA) is 77.2 Å². The first-order valence-corrected chi connectivity index (χ1v) is 6.44. The molecule has 3 N–H and O–H groups in total. The number of carbonyl (C=O) groups is 1. The number of nitrogens with two attached hydrogens (primary N) is 1. The van der Waals surface area contributed by atoms with Gasteiger partial charge in [-0.1, -0.05) is 12.2 Å². The smallest absolute Gasteiger partial charge is 0.433 e. The van der Waals surface area contributed by atoms with Crippen molar-refractivity contribution in [3.05, 3.63) is 23.4 Å². The van der Waals surface area contributed by atoms with Gasteiger partial charge in [-0.25, -0.2) is 4.98 Å². The van der Waals surface area contributed by atoms with Crippen LogP contribution in [0.5, 0.6) is 0 Å². The van der Waals surface area contributed by atoms with Gasteiger partial charge in [0.05, 0.1) is 18.6 Å². The van der Waals surface area contributed by atoms with Gasteiger partial charge in [-0.3, -0.25) is 4.79 Å². The zero-order valence-corrected chi connectivity index (χ0v) is 12.0. The highest BCUT2D eigenvalue weighted by Crippen LogP contribution is 2.29. The number of thiocarbonyl (C=S) groups is 1. The number of aromatic nitrogens is 1. The van der Waals surface area contributed by atoms with Crippen LogP contribution in [0, 0.1) is 0 Å². The Morgan fingerprint density at radius 1 is 1.48 bits per heavy atom. The molecule has 1 aromatic rings. The third kappa shape index (κ3) is 5.18. The van der Waals surface area contributed by atoms with Gasteiger partial charge < -0.3 is 15.8 Å². The molecule has 0 radical (unpaired) electrons. The van der Waals surface area contributed by atoms with Crippen molar-refractivity contribution in [2.45, 2.75) is 19.5 Å². The zero-order chi connectivity index (χ0) is 16.0. The highest BCUT2D eigenvalue weighted by molar-refractivity contribution is 7.80. The summed E-state index contributed by atoms with van der Waals surface area (Å²) in [5, 5.41) is 2.62. The number of pyridine rings is 1. The molecule has 0 unspecified atom stereocenters. The van der Waals surface area contributed by atoms with E-state index < -0.39 is 17.8 Å². The summed E-state index contributed by atoms with van der Waals surface area (Å²) in [5.74, 6) is -0.574. The summed E-state index contributed by atoms with van der Waals surface area (Å²) in [6, 6.07) is 1.94. The first kappa shape index (κ1) is 17.2. The van der Waals surface area contributed by atoms with E-state index in [9.17, 15) is 18.0 Å². The summed E-state index contributed by atoms with van der Waals surface area (Å²) < 4.78 is 42.6. The van der Waals surface area contributed by atoms with Crippen LogP contribution in [0.15, 0.2) is 12.1 Å². The molecule has 0 bridgehead atoms. The molecule has 116 valence electrons. The van der Waals surface area contributed by atoms with Gasteiger partial charge in [0.15, 0.2) is 0 Å². The van der Waals surface area contributed by atoms with E-state index in [0.717, 1.165) is 12.1 Å². The van der Waals surface area contributed by atoms with Crippen LogP contribution >= 0.6 is 12.2 Å². The van der Waals surface area contributed by atoms with Crippen molar-refractivity contribution >= 4 is 29.0 Å². The monoisotopic (exact) mass is 321 g/mol. The Labute approximate surface area is 124 Å². The van der Waals surface area contributed by atoms with E-state index in [-0.39, 0.29) is 35.9 Å². The molecule has 1 heterocycles. The predicted molar refractivity (Wildman–Crippen MR) is 74.9 cm³/mol. The molecule has 0 aliphatic rings. The third-order valence-electron chi connectivity index (χ3n) is 2.38. The maximum absolute atomic E-state index is 12.6. The average Bonchev–Trinajstić information content (AvgIpc) is 2.37. The lowest BCUT2D eigenvalue weighted by Crippen LogP contribution is -2.19. The molecule has 5 nitrogen and oxygen atoms in total. The minimum atomic E-state index is -4.58. The van der Waals surface area contributed by atoms with Crippen molar-refractivity contribution in [1.82, 2.24) is 4.98 Å². The summed E-state index contributed by atoms with van der Waals surface area (Å²) >= 11 is 4.75. The normalized spacial score (nSPS) is 11.0. The average molecular weight is 321 g/mol. The van der Waals surface area contributed by atoms with Gasteiger partial charge in [0.2, 0.25) is 0 Å². The van der Waals surface area contributed by atoms with Crippen molar-refractivity contribution in [2.24, 2.45) is 5.73 Å². The summed E-state index contributed by atoms with van der Waals surface area (Å²) in [5.41, 5.74) is 4.55. The number of alkyl halides is 3. The van der Waals surface area contributed by atoms with Crippen LogP contribution in [0.1, 0.15) is 24.6 Å². The van der Waals surface area contributed by atoms with Crippen molar-refractivity contribution < 1.29 is 22.7 Å². The summed E-state index contributed by atoms with van der Waals surface area (Å²) in [6.07, 6.45) is -4.59. The summed E-state index contributed by atoms with van der Waals surface area (Å²) in [4.78, 5) is 14.5. The Kier molecular flexibility index (Phi) is 5.89. The van der Waals surface area contributed by atoms with Crippen molar-refractivity contribution in [1.29, 1.82) is 0 Å². The van der Waals surface area contributed by atoms with Crippen LogP contribution in [0.4, 0.5) is 19.0 Å². The molecule has 0 aliphatic heterocycles. The lowest BCUT2D eigenvalue weighted by molar-refractivity contribution is -0.143. The van der Waals surface area contributed by atoms with E-state index >= 15 is 0 Å². The zero-order valence-electron chi connectivity index (χ0n) is 11.2. The van der Waals surface area contributed by atoms with Crippen LogP contribution in [-0.2, 0) is 15.7 Å². The number of rotatable bonds is 6. The number of hydrogen-bond acceptors (Lipinski definition) is 5. The van der Waals surface area contributed by atoms with Crippen molar-refractivity contribution in [2.75, 3.05) is 18.5 Å². The first-order chi connectivity index (χ1) is 9.75. The van der Waals surface area contributed by atoms with E-state index in [0.29, 0.717) is 0 Å². The second-order valence-electron chi connectivity index (χ2n) is 3.94. The Morgan fingerprint density at radius 3 is 2.67 bits per heavy atom. The van der Waals surface area contributed by atoms with Gasteiger partial charge in [-0.15, -0.1) is 0 Å². The largest absolute Gasteiger partial charge is 0.466 e. The summed E-state index contributed by atoms with van der Waals surface area (Å²) in [7, 11) is 0. The fraction of sp³-hybridized carbons (Fsp3) is 0.417. The molecule has 21 heavy (non-hydrogen) atoms. The van der Waals surface area contributed by atoms with Crippen LogP contribution in [0.25, 0.3) is 0 Å². The van der Waals surface area contributed by atoms with E-state index in [1.807, 2.05) is 0 Å². The Balaban J connectivity index is 2.87. The second kappa shape index (κ2) is 7.21. The van der Waals surface area contributed by atoms with E-state index in [4.69, 9.17) is 22.7 Å². The molecule has 0 spiro atoms. The summed E-state index contributed by atoms with van der Waals surface area (Å²) in [6.45, 7) is 1.95. The number of anilines is 1. The van der Waals surface area contributed by atoms with Gasteiger partial charge in [-0.2, -0.15) is 13.2 Å². The molecule has 9 heteroatoms. The van der Waals surface area contributed by atoms with E-state index in [1.165, 1.54) is 0 Å². The van der Waals surface area contributed by atoms with Crippen LogP contribution in [0.3, 0.4) is 0 Å². The third-order valence-corrected chi connectivity index (χ3v) is 2.60. The molecular weight excluding hydrogens is 307 g/mol. The molecular formula is C12H14F3N3O2S. The number of nitrogens with zero attached hydrogens (tertiary/aromatic N) is 1. The van der Waals surface area contributed by atoms with Gasteiger partial charge >= 0.3 is 12.1 Å². The van der Waals surface area contributed by atoms with Crippen molar-refractivity contribution in [3.8, 4) is 0 Å². The van der Waals surface area contributed by atoms with E-state index in [2.05, 4.69) is 10.3 Å². The number of esters is 1. The fourth-order valence-corrected chi connectivity index (χ4v) is 1.63. The standard InChI is InChI=1S/C12H14F3N3O2S/c1-2-20-9(19)5-6-17-11-7(10(16)21)3-4-8(18-11)12(13,14)15/h3-4H,2,5-6H2,1H3,(H2,16,21)(H,17,18). The number of hydrogen-bond donors (Lipinski definition) is 2. The van der Waals surface area contributed by atoms with Crippen LogP contribution < -0.4 is 11.1 Å². The predicted octanol–water partition coefficient (Wildman–Crippen LogP) is 2.10. The highest BCUT2D eigenvalue weighted by Gasteiger charge is 2.33. The number of halogens is 3. The number of ether oxygens (including phenoxy) is 1. The fourth-order valence-electron chi connectivity index (χ4n) is 1.47. The lowest BCUT2D eigenvalue weighted by atomic mass is 10.2. The Hall–Kier alpha value is -1.90.